The van der Waals surface area contributed by atoms with Crippen LogP contribution in [-0.4, -0.2) is 44.4 Å². The maximum absolute atomic E-state index is 12.4. The molecule has 7 heteroatoms. The van der Waals surface area contributed by atoms with Crippen molar-refractivity contribution in [1.82, 2.24) is 15.8 Å². The molecule has 2 N–H and O–H groups in total. The summed E-state index contributed by atoms with van der Waals surface area (Å²) in [6.45, 7) is 6.56. The van der Waals surface area contributed by atoms with Crippen LogP contribution in [0.15, 0.2) is 33.7 Å². The fraction of sp³-hybridized carbons (Fsp3) is 0.444. The van der Waals surface area contributed by atoms with Crippen LogP contribution in [0.3, 0.4) is 0 Å². The third kappa shape index (κ3) is 5.88. The van der Waals surface area contributed by atoms with Crippen LogP contribution in [0.4, 0.5) is 0 Å². The highest BCUT2D eigenvalue weighted by atomic mass is 32.2. The second kappa shape index (κ2) is 10.2. The van der Waals surface area contributed by atoms with E-state index in [9.17, 15) is 4.79 Å². The SMILES string of the molecule is COCCNCCNC(=O)c1ccccc1SCc1c(C)noc1C. The second-order valence-electron chi connectivity index (χ2n) is 5.59. The molecule has 6 nitrogen and oxygen atoms in total. The van der Waals surface area contributed by atoms with Gasteiger partial charge in [0.1, 0.15) is 5.76 Å². The van der Waals surface area contributed by atoms with Crippen LogP contribution in [0.25, 0.3) is 0 Å². The number of nitrogens with one attached hydrogen (secondary N) is 2. The van der Waals surface area contributed by atoms with E-state index in [4.69, 9.17) is 9.26 Å². The monoisotopic (exact) mass is 363 g/mol. The first-order valence-electron chi connectivity index (χ1n) is 8.25. The molecule has 0 saturated heterocycles. The molecule has 0 saturated carbocycles. The van der Waals surface area contributed by atoms with Crippen molar-refractivity contribution in [2.24, 2.45) is 0 Å². The van der Waals surface area contributed by atoms with Crippen molar-refractivity contribution >= 4 is 17.7 Å². The number of carbonyl (C=O) groups is 1. The molecule has 1 heterocycles. The molecule has 25 heavy (non-hydrogen) atoms. The summed E-state index contributed by atoms with van der Waals surface area (Å²) in [5.74, 6) is 1.49. The van der Waals surface area contributed by atoms with E-state index in [2.05, 4.69) is 15.8 Å². The Bertz CT molecular complexity index is 668. The summed E-state index contributed by atoms with van der Waals surface area (Å²) in [7, 11) is 1.67. The number of methoxy groups -OCH3 is 1. The summed E-state index contributed by atoms with van der Waals surface area (Å²) in [4.78, 5) is 13.4. The number of ether oxygens (including phenoxy) is 1. The highest BCUT2D eigenvalue weighted by molar-refractivity contribution is 7.98. The number of hydrogen-bond donors (Lipinski definition) is 2. The van der Waals surface area contributed by atoms with Crippen LogP contribution in [0, 0.1) is 13.8 Å². The van der Waals surface area contributed by atoms with E-state index < -0.39 is 0 Å². The van der Waals surface area contributed by atoms with E-state index in [1.165, 1.54) is 0 Å². The second-order valence-corrected chi connectivity index (χ2v) is 6.60. The predicted molar refractivity (Wildman–Crippen MR) is 99.1 cm³/mol. The van der Waals surface area contributed by atoms with Crippen molar-refractivity contribution in [3.05, 3.63) is 46.8 Å². The maximum Gasteiger partial charge on any atom is 0.252 e. The van der Waals surface area contributed by atoms with Crippen molar-refractivity contribution in [1.29, 1.82) is 0 Å². The molecule has 0 aliphatic carbocycles. The molecule has 0 aliphatic rings. The molecule has 0 unspecified atom stereocenters. The number of nitrogens with zero attached hydrogens (tertiary/aromatic N) is 1. The van der Waals surface area contributed by atoms with Crippen molar-refractivity contribution in [3.63, 3.8) is 0 Å². The minimum Gasteiger partial charge on any atom is -0.383 e. The van der Waals surface area contributed by atoms with Gasteiger partial charge in [-0.2, -0.15) is 0 Å². The van der Waals surface area contributed by atoms with Crippen LogP contribution < -0.4 is 10.6 Å². The van der Waals surface area contributed by atoms with Gasteiger partial charge in [-0.3, -0.25) is 4.79 Å². The Balaban J connectivity index is 1.90. The molecule has 0 aliphatic heterocycles. The predicted octanol–water partition coefficient (Wildman–Crippen LogP) is 2.55. The number of aryl methyl sites for hydroxylation is 2. The summed E-state index contributed by atoms with van der Waals surface area (Å²) in [6.07, 6.45) is 0. The number of thioether (sulfide) groups is 1. The Labute approximate surface area is 152 Å². The Morgan fingerprint density at radius 3 is 2.76 bits per heavy atom. The first-order chi connectivity index (χ1) is 12.1. The zero-order chi connectivity index (χ0) is 18.1. The van der Waals surface area contributed by atoms with Crippen LogP contribution in [-0.2, 0) is 10.5 Å². The lowest BCUT2D eigenvalue weighted by Crippen LogP contribution is -2.33. The molecule has 0 bridgehead atoms. The van der Waals surface area contributed by atoms with Crippen LogP contribution in [0.2, 0.25) is 0 Å². The Hall–Kier alpha value is -1.83. The average molecular weight is 363 g/mol. The quantitative estimate of drug-likeness (QED) is 0.499. The minimum absolute atomic E-state index is 0.0598. The van der Waals surface area contributed by atoms with Gasteiger partial charge in [-0.1, -0.05) is 17.3 Å². The molecular formula is C18H25N3O3S. The number of carbonyl (C=O) groups excluding carboxylic acids is 1. The molecule has 0 radical (unpaired) electrons. The van der Waals surface area contributed by atoms with E-state index in [-0.39, 0.29) is 5.91 Å². The van der Waals surface area contributed by atoms with Gasteiger partial charge in [0.15, 0.2) is 0 Å². The summed E-state index contributed by atoms with van der Waals surface area (Å²) in [5, 5.41) is 10.1. The first kappa shape index (κ1) is 19.5. The number of rotatable bonds is 10. The first-order valence-corrected chi connectivity index (χ1v) is 9.23. The number of hydrogen-bond acceptors (Lipinski definition) is 6. The van der Waals surface area contributed by atoms with Gasteiger partial charge >= 0.3 is 0 Å². The summed E-state index contributed by atoms with van der Waals surface area (Å²) < 4.78 is 10.2. The van der Waals surface area contributed by atoms with Crippen LogP contribution in [0.5, 0.6) is 0 Å². The molecule has 0 fully saturated rings. The molecule has 0 spiro atoms. The van der Waals surface area contributed by atoms with Gasteiger partial charge in [-0.15, -0.1) is 11.8 Å². The largest absolute Gasteiger partial charge is 0.383 e. The lowest BCUT2D eigenvalue weighted by molar-refractivity contribution is 0.0951. The molecule has 136 valence electrons. The lowest BCUT2D eigenvalue weighted by atomic mass is 10.2. The van der Waals surface area contributed by atoms with E-state index in [1.807, 2.05) is 38.1 Å². The molecule has 0 atom stereocenters. The van der Waals surface area contributed by atoms with Crippen LogP contribution in [0.1, 0.15) is 27.4 Å². The topological polar surface area (TPSA) is 76.4 Å². The van der Waals surface area contributed by atoms with Crippen molar-refractivity contribution in [2.75, 3.05) is 33.4 Å². The molecule has 1 amide bonds. The average Bonchev–Trinajstić information content (AvgIpc) is 2.94. The van der Waals surface area contributed by atoms with Crippen molar-refractivity contribution in [2.45, 2.75) is 24.5 Å². The normalized spacial score (nSPS) is 10.8. The molecule has 2 rings (SSSR count). The molecule has 1 aromatic carbocycles. The lowest BCUT2D eigenvalue weighted by Gasteiger charge is -2.10. The Morgan fingerprint density at radius 2 is 2.04 bits per heavy atom. The van der Waals surface area contributed by atoms with Gasteiger partial charge in [-0.25, -0.2) is 0 Å². The van der Waals surface area contributed by atoms with E-state index in [1.54, 1.807) is 18.9 Å². The standard InChI is InChI=1S/C18H25N3O3S/c1-13-16(14(2)24-21-13)12-25-17-7-5-4-6-15(17)18(22)20-9-8-19-10-11-23-3/h4-7,19H,8-12H2,1-3H3,(H,20,22). The third-order valence-electron chi connectivity index (χ3n) is 3.76. The zero-order valence-corrected chi connectivity index (χ0v) is 15.7. The summed E-state index contributed by atoms with van der Waals surface area (Å²) >= 11 is 1.62. The van der Waals surface area contributed by atoms with Crippen LogP contribution >= 0.6 is 11.8 Å². The van der Waals surface area contributed by atoms with Gasteiger partial charge < -0.3 is 19.9 Å². The zero-order valence-electron chi connectivity index (χ0n) is 14.9. The smallest absolute Gasteiger partial charge is 0.252 e. The molecular weight excluding hydrogens is 338 g/mol. The number of aromatic nitrogens is 1. The highest BCUT2D eigenvalue weighted by Crippen LogP contribution is 2.28. The van der Waals surface area contributed by atoms with Gasteiger partial charge in [0.25, 0.3) is 5.91 Å². The minimum atomic E-state index is -0.0598. The number of benzene rings is 1. The molecule has 2 aromatic rings. The Morgan fingerprint density at radius 1 is 1.24 bits per heavy atom. The summed E-state index contributed by atoms with van der Waals surface area (Å²) in [6, 6.07) is 7.64. The summed E-state index contributed by atoms with van der Waals surface area (Å²) in [5.41, 5.74) is 2.67. The third-order valence-corrected chi connectivity index (χ3v) is 4.86. The van der Waals surface area contributed by atoms with E-state index >= 15 is 0 Å². The van der Waals surface area contributed by atoms with Crippen molar-refractivity contribution in [3.8, 4) is 0 Å². The van der Waals surface area contributed by atoms with E-state index in [0.29, 0.717) is 25.3 Å². The fourth-order valence-electron chi connectivity index (χ4n) is 2.30. The number of amides is 1. The molecule has 1 aromatic heterocycles. The van der Waals surface area contributed by atoms with Gasteiger partial charge in [0.2, 0.25) is 0 Å². The van der Waals surface area contributed by atoms with Gasteiger partial charge in [0.05, 0.1) is 17.9 Å². The van der Waals surface area contributed by atoms with Crippen molar-refractivity contribution < 1.29 is 14.1 Å². The van der Waals surface area contributed by atoms with E-state index in [0.717, 1.165) is 34.2 Å². The highest BCUT2D eigenvalue weighted by Gasteiger charge is 2.14. The van der Waals surface area contributed by atoms with Gasteiger partial charge in [0, 0.05) is 43.0 Å². The maximum atomic E-state index is 12.4. The Kier molecular flexibility index (Phi) is 7.97. The fourth-order valence-corrected chi connectivity index (χ4v) is 3.50. The van der Waals surface area contributed by atoms with Gasteiger partial charge in [-0.05, 0) is 26.0 Å².